The van der Waals surface area contributed by atoms with Crippen LogP contribution in [-0.2, 0) is 9.53 Å². The quantitative estimate of drug-likeness (QED) is 0.800. The van der Waals surface area contributed by atoms with Crippen molar-refractivity contribution in [2.45, 2.75) is 13.3 Å². The number of ether oxygens (including phenoxy) is 2. The van der Waals surface area contributed by atoms with Gasteiger partial charge in [0.25, 0.3) is 0 Å². The standard InChI is InChI=1S/C11H12BrClO3/c1-7-5-8(12)6-9(13)11(7)16-4-3-10(14)15-2/h5-6H,3-4H2,1-2H3. The summed E-state index contributed by atoms with van der Waals surface area (Å²) >= 11 is 9.35. The second-order valence-electron chi connectivity index (χ2n) is 3.21. The van der Waals surface area contributed by atoms with E-state index in [-0.39, 0.29) is 19.0 Å². The molecule has 0 saturated heterocycles. The number of carbonyl (C=O) groups excluding carboxylic acids is 1. The number of hydrogen-bond donors (Lipinski definition) is 0. The third-order valence-electron chi connectivity index (χ3n) is 1.97. The summed E-state index contributed by atoms with van der Waals surface area (Å²) in [6.45, 7) is 2.15. The number of rotatable bonds is 4. The summed E-state index contributed by atoms with van der Waals surface area (Å²) < 4.78 is 10.8. The van der Waals surface area contributed by atoms with E-state index in [9.17, 15) is 4.79 Å². The Morgan fingerprint density at radius 3 is 2.75 bits per heavy atom. The Morgan fingerprint density at radius 1 is 1.50 bits per heavy atom. The SMILES string of the molecule is COC(=O)CCOc1c(C)cc(Br)cc1Cl. The summed E-state index contributed by atoms with van der Waals surface area (Å²) in [6.07, 6.45) is 0.211. The summed E-state index contributed by atoms with van der Waals surface area (Å²) in [5.41, 5.74) is 0.921. The highest BCUT2D eigenvalue weighted by molar-refractivity contribution is 9.10. The first-order chi connectivity index (χ1) is 7.54. The molecule has 5 heteroatoms. The lowest BCUT2D eigenvalue weighted by Crippen LogP contribution is -2.08. The predicted octanol–water partition coefficient (Wildman–Crippen LogP) is 3.35. The van der Waals surface area contributed by atoms with Crippen molar-refractivity contribution in [2.75, 3.05) is 13.7 Å². The average molecular weight is 308 g/mol. The average Bonchev–Trinajstić information content (AvgIpc) is 2.21. The zero-order chi connectivity index (χ0) is 12.1. The van der Waals surface area contributed by atoms with Gasteiger partial charge in [-0.15, -0.1) is 0 Å². The van der Waals surface area contributed by atoms with Gasteiger partial charge in [-0.25, -0.2) is 0 Å². The van der Waals surface area contributed by atoms with Crippen LogP contribution >= 0.6 is 27.5 Å². The molecular weight excluding hydrogens is 295 g/mol. The molecule has 0 aliphatic rings. The van der Waals surface area contributed by atoms with Gasteiger partial charge in [-0.1, -0.05) is 27.5 Å². The number of methoxy groups -OCH3 is 1. The summed E-state index contributed by atoms with van der Waals surface area (Å²) in [5, 5.41) is 0.525. The largest absolute Gasteiger partial charge is 0.491 e. The molecule has 0 aromatic heterocycles. The van der Waals surface area contributed by atoms with Gasteiger partial charge in [0.15, 0.2) is 0 Å². The van der Waals surface area contributed by atoms with Crippen LogP contribution in [-0.4, -0.2) is 19.7 Å². The van der Waals surface area contributed by atoms with Crippen LogP contribution in [0.3, 0.4) is 0 Å². The highest BCUT2D eigenvalue weighted by atomic mass is 79.9. The Bertz CT molecular complexity index is 370. The van der Waals surface area contributed by atoms with Crippen molar-refractivity contribution < 1.29 is 14.3 Å². The van der Waals surface area contributed by atoms with E-state index in [0.29, 0.717) is 10.8 Å². The van der Waals surface area contributed by atoms with Crippen molar-refractivity contribution in [2.24, 2.45) is 0 Å². The topological polar surface area (TPSA) is 35.5 Å². The second kappa shape index (κ2) is 6.11. The minimum absolute atomic E-state index is 0.211. The van der Waals surface area contributed by atoms with Crippen LogP contribution < -0.4 is 4.74 Å². The lowest BCUT2D eigenvalue weighted by Gasteiger charge is -2.10. The molecular formula is C11H12BrClO3. The third kappa shape index (κ3) is 3.68. The molecule has 1 aromatic rings. The first-order valence-corrected chi connectivity index (χ1v) is 5.87. The van der Waals surface area contributed by atoms with Crippen molar-refractivity contribution in [3.05, 3.63) is 27.2 Å². The molecule has 88 valence electrons. The molecule has 0 unspecified atom stereocenters. The summed E-state index contributed by atoms with van der Waals surface area (Å²) in [5.74, 6) is 0.305. The number of carbonyl (C=O) groups is 1. The van der Waals surface area contributed by atoms with Crippen molar-refractivity contribution in [1.82, 2.24) is 0 Å². The Labute approximate surface area is 108 Å². The predicted molar refractivity (Wildman–Crippen MR) is 66.0 cm³/mol. The molecule has 0 N–H and O–H groups in total. The number of esters is 1. The minimum atomic E-state index is -0.300. The highest BCUT2D eigenvalue weighted by Gasteiger charge is 2.08. The molecule has 0 spiro atoms. The van der Waals surface area contributed by atoms with E-state index in [4.69, 9.17) is 16.3 Å². The molecule has 0 aliphatic heterocycles. The zero-order valence-electron chi connectivity index (χ0n) is 9.05. The van der Waals surface area contributed by atoms with Crippen molar-refractivity contribution >= 4 is 33.5 Å². The van der Waals surface area contributed by atoms with Crippen molar-refractivity contribution in [3.63, 3.8) is 0 Å². The fourth-order valence-corrected chi connectivity index (χ4v) is 2.24. The van der Waals surface area contributed by atoms with Gasteiger partial charge >= 0.3 is 5.97 Å². The van der Waals surface area contributed by atoms with Crippen LogP contribution in [0, 0.1) is 6.92 Å². The molecule has 1 rings (SSSR count). The summed E-state index contributed by atoms with van der Waals surface area (Å²) in [4.78, 5) is 10.9. The smallest absolute Gasteiger partial charge is 0.308 e. The first kappa shape index (κ1) is 13.3. The molecule has 1 aromatic carbocycles. The van der Waals surface area contributed by atoms with Gasteiger partial charge in [0.2, 0.25) is 0 Å². The molecule has 3 nitrogen and oxygen atoms in total. The van der Waals surface area contributed by atoms with Crippen LogP contribution in [0.25, 0.3) is 0 Å². The van der Waals surface area contributed by atoms with E-state index in [1.54, 1.807) is 6.07 Å². The first-order valence-electron chi connectivity index (χ1n) is 4.70. The monoisotopic (exact) mass is 306 g/mol. The fourth-order valence-electron chi connectivity index (χ4n) is 1.21. The molecule has 0 atom stereocenters. The van der Waals surface area contributed by atoms with Gasteiger partial charge in [-0.05, 0) is 24.6 Å². The van der Waals surface area contributed by atoms with Gasteiger partial charge in [0.1, 0.15) is 5.75 Å². The van der Waals surface area contributed by atoms with Crippen LogP contribution in [0.15, 0.2) is 16.6 Å². The second-order valence-corrected chi connectivity index (χ2v) is 4.53. The molecule has 0 amide bonds. The van der Waals surface area contributed by atoms with E-state index in [2.05, 4.69) is 20.7 Å². The summed E-state index contributed by atoms with van der Waals surface area (Å²) in [7, 11) is 1.35. The Hall–Kier alpha value is -0.740. The van der Waals surface area contributed by atoms with E-state index in [1.165, 1.54) is 7.11 Å². The number of benzene rings is 1. The van der Waals surface area contributed by atoms with E-state index >= 15 is 0 Å². The van der Waals surface area contributed by atoms with Crippen LogP contribution in [0.2, 0.25) is 5.02 Å². The molecule has 0 aliphatic carbocycles. The van der Waals surface area contributed by atoms with Crippen LogP contribution in [0.4, 0.5) is 0 Å². The Morgan fingerprint density at radius 2 is 2.19 bits per heavy atom. The highest BCUT2D eigenvalue weighted by Crippen LogP contribution is 2.31. The normalized spacial score (nSPS) is 10.0. The van der Waals surface area contributed by atoms with E-state index in [1.807, 2.05) is 13.0 Å². The zero-order valence-corrected chi connectivity index (χ0v) is 11.4. The number of halogens is 2. The van der Waals surface area contributed by atoms with Crippen molar-refractivity contribution in [3.8, 4) is 5.75 Å². The fraction of sp³-hybridized carbons (Fsp3) is 0.364. The van der Waals surface area contributed by atoms with Crippen LogP contribution in [0.5, 0.6) is 5.75 Å². The Balaban J connectivity index is 2.64. The van der Waals surface area contributed by atoms with Gasteiger partial charge < -0.3 is 9.47 Å². The molecule has 0 radical (unpaired) electrons. The van der Waals surface area contributed by atoms with Crippen molar-refractivity contribution in [1.29, 1.82) is 0 Å². The molecule has 0 heterocycles. The summed E-state index contributed by atoms with van der Waals surface area (Å²) in [6, 6.07) is 3.65. The van der Waals surface area contributed by atoms with E-state index in [0.717, 1.165) is 10.0 Å². The molecule has 16 heavy (non-hydrogen) atoms. The molecule has 0 bridgehead atoms. The number of aryl methyl sites for hydroxylation is 1. The third-order valence-corrected chi connectivity index (χ3v) is 2.71. The maximum Gasteiger partial charge on any atom is 0.308 e. The molecule has 0 saturated carbocycles. The van der Waals surface area contributed by atoms with Gasteiger partial charge in [0.05, 0.1) is 25.2 Å². The maximum absolute atomic E-state index is 10.9. The number of hydrogen-bond acceptors (Lipinski definition) is 3. The van der Waals surface area contributed by atoms with Crippen LogP contribution in [0.1, 0.15) is 12.0 Å². The maximum atomic E-state index is 10.9. The lowest BCUT2D eigenvalue weighted by molar-refractivity contribution is -0.141. The molecule has 0 fully saturated rings. The lowest BCUT2D eigenvalue weighted by atomic mass is 10.2. The Kier molecular flexibility index (Phi) is 5.09. The van der Waals surface area contributed by atoms with Gasteiger partial charge in [-0.2, -0.15) is 0 Å². The van der Waals surface area contributed by atoms with Gasteiger partial charge in [-0.3, -0.25) is 4.79 Å². The van der Waals surface area contributed by atoms with Gasteiger partial charge in [0, 0.05) is 4.47 Å². The van der Waals surface area contributed by atoms with E-state index < -0.39 is 0 Å². The minimum Gasteiger partial charge on any atom is -0.491 e.